The van der Waals surface area contributed by atoms with Gasteiger partial charge in [0.2, 0.25) is 0 Å². The van der Waals surface area contributed by atoms with Gasteiger partial charge in [-0.2, -0.15) is 0 Å². The van der Waals surface area contributed by atoms with Crippen LogP contribution in [0.1, 0.15) is 4.28 Å². The van der Waals surface area contributed by atoms with E-state index >= 15 is 0 Å². The molecule has 0 saturated carbocycles. The Morgan fingerprint density at radius 2 is 1.25 bits per heavy atom. The number of hydrogen-bond donors (Lipinski definition) is 0. The third-order valence-corrected chi connectivity index (χ3v) is 0. The molecule has 0 aromatic heterocycles. The average molecular weight is 118 g/mol. The zero-order valence-electron chi connectivity index (χ0n) is 5.91. The summed E-state index contributed by atoms with van der Waals surface area (Å²) >= 11 is 0. The van der Waals surface area contributed by atoms with Crippen LogP contribution in [0.5, 0.6) is 0 Å². The van der Waals surface area contributed by atoms with Crippen LogP contribution in [0, 0.1) is 0 Å². The summed E-state index contributed by atoms with van der Waals surface area (Å²) in [4.78, 5) is 0. The van der Waals surface area contributed by atoms with Crippen LogP contribution in [0.4, 0.5) is 0 Å². The van der Waals surface area contributed by atoms with Crippen molar-refractivity contribution in [3.05, 3.63) is 0 Å². The maximum atomic E-state index is 0. The van der Waals surface area contributed by atoms with Crippen LogP contribution in [0.3, 0.4) is 0 Å². The van der Waals surface area contributed by atoms with Gasteiger partial charge in [0.15, 0.2) is 0 Å². The molecule has 0 aliphatic heterocycles. The summed E-state index contributed by atoms with van der Waals surface area (Å²) in [5.41, 5.74) is 0. The molecule has 0 fully saturated rings. The van der Waals surface area contributed by atoms with Crippen LogP contribution in [0.25, 0.3) is 0 Å². The molecule has 0 bridgehead atoms. The Morgan fingerprint density at radius 3 is 1.25 bits per heavy atom. The van der Waals surface area contributed by atoms with Gasteiger partial charge >= 0.3 is 41.9 Å². The predicted octanol–water partition coefficient (Wildman–Crippen LogP) is -3.87. The first-order chi connectivity index (χ1) is 0. The third kappa shape index (κ3) is 9.04. The van der Waals surface area contributed by atoms with Gasteiger partial charge in [-0.25, -0.2) is 0 Å². The largest absolute Gasteiger partial charge is 2.00 e. The Kier molecular flexibility index (Phi) is 195. The zero-order chi connectivity index (χ0) is 0. The first-order valence-corrected chi connectivity index (χ1v) is 0. The zero-order valence-corrected chi connectivity index (χ0v) is 7.30. The normalized spacial score (nSPS) is 0. The first-order valence-electron chi connectivity index (χ1n) is 0. The molecular weight excluding hydrogens is 113 g/mol. The van der Waals surface area contributed by atoms with Gasteiger partial charge < -0.3 is 9.76 Å². The summed E-state index contributed by atoms with van der Waals surface area (Å²) < 4.78 is 0. The van der Waals surface area contributed by atoms with Crippen LogP contribution in [-0.4, -0.2) is 28.5 Å². The Morgan fingerprint density at radius 1 is 1.25 bits per heavy atom. The summed E-state index contributed by atoms with van der Waals surface area (Å²) in [6.07, 6.45) is 0. The van der Waals surface area contributed by atoms with Gasteiger partial charge in [-0.05, 0) is 0 Å². The molecule has 16 valence electrons. The van der Waals surface area contributed by atoms with Gasteiger partial charge in [-0.1, -0.05) is 0 Å². The van der Waals surface area contributed by atoms with Crippen molar-refractivity contribution >= 4 is 23.1 Å². The van der Waals surface area contributed by atoms with E-state index in [9.17, 15) is 0 Å². The summed E-state index contributed by atoms with van der Waals surface area (Å²) in [5.74, 6) is 0. The van der Waals surface area contributed by atoms with Gasteiger partial charge in [0.1, 0.15) is 0 Å². The predicted molar refractivity (Wildman–Crippen MR) is 12.7 cm³/mol. The topological polar surface area (TPSA) is 31.5 Å². The molecule has 0 aromatic carbocycles. The Labute approximate surface area is 70.8 Å². The van der Waals surface area contributed by atoms with Crippen LogP contribution in [0.15, 0.2) is 0 Å². The fourth-order valence-electron chi connectivity index (χ4n) is 0. The van der Waals surface area contributed by atoms with E-state index in [1.54, 1.807) is 0 Å². The molecule has 0 heterocycles. The summed E-state index contributed by atoms with van der Waals surface area (Å²) in [6.45, 7) is 0. The van der Waals surface area contributed by atoms with Crippen LogP contribution in [0.2, 0.25) is 0 Å². The first kappa shape index (κ1) is 38.4. The van der Waals surface area contributed by atoms with Gasteiger partial charge in [-0.3, -0.25) is 0 Å². The maximum Gasteiger partial charge on any atom is 2.00 e. The molecule has 2 N–H and O–H groups in total. The van der Waals surface area contributed by atoms with Crippen LogP contribution >= 0.6 is 0 Å². The minimum atomic E-state index is 0. The standard InChI is InChI=1S/Li.Mg.H2O.Zn.3H/h;;1H2;;;;/q+1;+2;;;3*-1. The quantitative estimate of drug-likeness (QED) is 0.291. The molecule has 0 saturated heterocycles. The molecule has 0 rings (SSSR count). The van der Waals surface area contributed by atoms with E-state index in [1.165, 1.54) is 0 Å². The smallest absolute Gasteiger partial charge is 1.00 e. The molecule has 0 amide bonds. The molecule has 0 aromatic rings. The van der Waals surface area contributed by atoms with E-state index in [-0.39, 0.29) is 71.1 Å². The minimum Gasteiger partial charge on any atom is -1.00 e. The minimum absolute atomic E-state index is 0. The van der Waals surface area contributed by atoms with Crippen molar-refractivity contribution in [1.82, 2.24) is 0 Å². The van der Waals surface area contributed by atoms with E-state index in [1.807, 2.05) is 0 Å². The molecule has 4 heteroatoms. The molecule has 1 nitrogen and oxygen atoms in total. The maximum absolute atomic E-state index is 0. The van der Waals surface area contributed by atoms with Crippen LogP contribution in [-0.2, 0) is 19.5 Å². The Balaban J connectivity index is 0. The second-order valence-electron chi connectivity index (χ2n) is 0. The van der Waals surface area contributed by atoms with Crippen LogP contribution < -0.4 is 18.9 Å². The second kappa shape index (κ2) is 20.3. The monoisotopic (exact) mass is 116 g/mol. The van der Waals surface area contributed by atoms with Gasteiger partial charge in [-0.15, -0.1) is 0 Å². The molecule has 4 heavy (non-hydrogen) atoms. The van der Waals surface area contributed by atoms with Crippen molar-refractivity contribution < 1.29 is 48.1 Å². The van der Waals surface area contributed by atoms with E-state index in [0.29, 0.717) is 0 Å². The molecular formula is H5LiMgOZn. The molecule has 0 unspecified atom stereocenters. The molecule has 0 spiro atoms. The summed E-state index contributed by atoms with van der Waals surface area (Å²) in [5, 5.41) is 0. The van der Waals surface area contributed by atoms with E-state index < -0.39 is 0 Å². The van der Waals surface area contributed by atoms with Gasteiger partial charge in [0.05, 0.1) is 0 Å². The average Bonchev–Trinajstić information content (AvgIpc) is 0. The van der Waals surface area contributed by atoms with Crippen molar-refractivity contribution in [3.63, 3.8) is 0 Å². The van der Waals surface area contributed by atoms with Crippen molar-refractivity contribution in [2.24, 2.45) is 0 Å². The van der Waals surface area contributed by atoms with Crippen molar-refractivity contribution in [2.45, 2.75) is 0 Å². The Bertz CT molecular complexity index is 14.9. The molecule has 0 aliphatic carbocycles. The van der Waals surface area contributed by atoms with E-state index in [0.717, 1.165) is 0 Å². The van der Waals surface area contributed by atoms with Crippen molar-refractivity contribution in [1.29, 1.82) is 0 Å². The molecule has 0 atom stereocenters. The van der Waals surface area contributed by atoms with E-state index in [4.69, 9.17) is 0 Å². The number of hydrogen-bond acceptors (Lipinski definition) is 0. The van der Waals surface area contributed by atoms with Crippen molar-refractivity contribution in [3.8, 4) is 0 Å². The number of rotatable bonds is 0. The van der Waals surface area contributed by atoms with Crippen molar-refractivity contribution in [2.75, 3.05) is 0 Å². The molecule has 0 aliphatic rings. The fourth-order valence-corrected chi connectivity index (χ4v) is 0. The Hall–Kier alpha value is 1.95. The fraction of sp³-hybridized carbons (Fsp3) is 0. The summed E-state index contributed by atoms with van der Waals surface area (Å²) in [7, 11) is 0. The third-order valence-electron chi connectivity index (χ3n) is 0. The van der Waals surface area contributed by atoms with Gasteiger partial charge in [0.25, 0.3) is 0 Å². The summed E-state index contributed by atoms with van der Waals surface area (Å²) in [6, 6.07) is 0. The second-order valence-corrected chi connectivity index (χ2v) is 0. The molecule has 0 radical (unpaired) electrons. The van der Waals surface area contributed by atoms with E-state index in [2.05, 4.69) is 0 Å². The van der Waals surface area contributed by atoms with Gasteiger partial charge in [0, 0.05) is 19.5 Å². The SMILES string of the molecule is O.[H-].[H-].[H-].[Li+].[Mg+2].[Zn].